The summed E-state index contributed by atoms with van der Waals surface area (Å²) >= 11 is 7.67. The van der Waals surface area contributed by atoms with Crippen LogP contribution in [-0.2, 0) is 0 Å². The number of hydrogen-bond acceptors (Lipinski definition) is 3. The smallest absolute Gasteiger partial charge is 0.0961 e. The predicted octanol–water partition coefficient (Wildman–Crippen LogP) is 3.61. The van der Waals surface area contributed by atoms with Crippen LogP contribution in [-0.4, -0.2) is 7.05 Å². The van der Waals surface area contributed by atoms with Gasteiger partial charge in [-0.05, 0) is 31.7 Å². The summed E-state index contributed by atoms with van der Waals surface area (Å²) in [4.78, 5) is 1.21. The first-order chi connectivity index (χ1) is 7.22. The Hall–Kier alpha value is -0.770. The lowest BCUT2D eigenvalue weighted by Gasteiger charge is -2.11. The van der Waals surface area contributed by atoms with Crippen molar-refractivity contribution in [2.45, 2.75) is 13.0 Å². The van der Waals surface area contributed by atoms with E-state index in [1.165, 1.54) is 4.88 Å². The molecule has 0 fully saturated rings. The highest BCUT2D eigenvalue weighted by Crippen LogP contribution is 2.33. The summed E-state index contributed by atoms with van der Waals surface area (Å²) in [5.74, 6) is 0. The van der Waals surface area contributed by atoms with E-state index in [1.54, 1.807) is 23.9 Å². The molecule has 0 aromatic carbocycles. The molecular weight excluding hydrogens is 230 g/mol. The summed E-state index contributed by atoms with van der Waals surface area (Å²) in [5.41, 5.74) is 2.25. The van der Waals surface area contributed by atoms with Crippen molar-refractivity contribution < 1.29 is 4.42 Å². The minimum atomic E-state index is 0.167. The van der Waals surface area contributed by atoms with Gasteiger partial charge in [0.2, 0.25) is 0 Å². The molecular formula is C11H12ClNOS. The minimum Gasteiger partial charge on any atom is -0.472 e. The molecule has 1 unspecified atom stereocenters. The largest absolute Gasteiger partial charge is 0.472 e. The van der Waals surface area contributed by atoms with E-state index in [1.807, 2.05) is 20.0 Å². The third-order valence-electron chi connectivity index (χ3n) is 2.33. The maximum atomic E-state index is 6.06. The van der Waals surface area contributed by atoms with E-state index in [2.05, 4.69) is 11.4 Å². The Labute approximate surface area is 97.9 Å². The summed E-state index contributed by atoms with van der Waals surface area (Å²) in [6.45, 7) is 2.02. The maximum Gasteiger partial charge on any atom is 0.0961 e. The topological polar surface area (TPSA) is 25.2 Å². The first kappa shape index (κ1) is 10.7. The monoisotopic (exact) mass is 241 g/mol. The van der Waals surface area contributed by atoms with Gasteiger partial charge in [0.1, 0.15) is 0 Å². The van der Waals surface area contributed by atoms with Crippen LogP contribution in [0.25, 0.3) is 0 Å². The van der Waals surface area contributed by atoms with E-state index in [4.69, 9.17) is 16.0 Å². The van der Waals surface area contributed by atoms with Crippen molar-refractivity contribution in [1.29, 1.82) is 0 Å². The Balaban J connectivity index is 2.35. The number of furan rings is 1. The van der Waals surface area contributed by atoms with E-state index in [-0.39, 0.29) is 6.04 Å². The van der Waals surface area contributed by atoms with Crippen molar-refractivity contribution in [3.63, 3.8) is 0 Å². The fourth-order valence-electron chi connectivity index (χ4n) is 1.54. The van der Waals surface area contributed by atoms with Gasteiger partial charge < -0.3 is 9.73 Å². The Morgan fingerprint density at radius 2 is 2.33 bits per heavy atom. The second kappa shape index (κ2) is 4.39. The summed E-state index contributed by atoms with van der Waals surface area (Å²) in [6.07, 6.45) is 3.44. The van der Waals surface area contributed by atoms with Gasteiger partial charge in [-0.2, -0.15) is 0 Å². The highest BCUT2D eigenvalue weighted by Gasteiger charge is 2.16. The average Bonchev–Trinajstić information content (AvgIpc) is 2.80. The van der Waals surface area contributed by atoms with E-state index < -0.39 is 0 Å². The van der Waals surface area contributed by atoms with E-state index in [0.717, 1.165) is 15.5 Å². The molecule has 0 bridgehead atoms. The van der Waals surface area contributed by atoms with Crippen LogP contribution in [0.2, 0.25) is 4.34 Å². The number of aryl methyl sites for hydroxylation is 1. The third kappa shape index (κ3) is 2.09. The molecule has 15 heavy (non-hydrogen) atoms. The second-order valence-corrected chi connectivity index (χ2v) is 5.07. The van der Waals surface area contributed by atoms with Crippen molar-refractivity contribution in [3.05, 3.63) is 45.0 Å². The zero-order valence-electron chi connectivity index (χ0n) is 8.58. The van der Waals surface area contributed by atoms with E-state index in [9.17, 15) is 0 Å². The van der Waals surface area contributed by atoms with Crippen LogP contribution in [0.3, 0.4) is 0 Å². The standard InChI is InChI=1S/C11H12ClNOS/c1-7-5-9(15-11(7)12)10(13-2)8-3-4-14-6-8/h3-6,10,13H,1-2H3. The number of hydrogen-bond donors (Lipinski definition) is 1. The normalized spacial score (nSPS) is 13.0. The van der Waals surface area contributed by atoms with Crippen molar-refractivity contribution >= 4 is 22.9 Å². The molecule has 2 rings (SSSR count). The highest BCUT2D eigenvalue weighted by molar-refractivity contribution is 7.16. The Morgan fingerprint density at radius 1 is 1.53 bits per heavy atom. The van der Waals surface area contributed by atoms with Crippen molar-refractivity contribution in [2.75, 3.05) is 7.05 Å². The molecule has 0 amide bonds. The fourth-order valence-corrected chi connectivity index (χ4v) is 2.89. The number of halogens is 1. The zero-order valence-corrected chi connectivity index (χ0v) is 10.2. The molecule has 1 N–H and O–H groups in total. The molecule has 0 radical (unpaired) electrons. The lowest BCUT2D eigenvalue weighted by molar-refractivity contribution is 0.558. The molecule has 1 atom stereocenters. The molecule has 4 heteroatoms. The molecule has 2 aromatic heterocycles. The SMILES string of the molecule is CNC(c1ccoc1)c1cc(C)c(Cl)s1. The van der Waals surface area contributed by atoms with Crippen LogP contribution in [0.1, 0.15) is 22.0 Å². The molecule has 80 valence electrons. The summed E-state index contributed by atoms with van der Waals surface area (Å²) in [5, 5.41) is 3.25. The van der Waals surface area contributed by atoms with Gasteiger partial charge in [-0.15, -0.1) is 11.3 Å². The van der Waals surface area contributed by atoms with Gasteiger partial charge in [0.05, 0.1) is 22.9 Å². The molecule has 0 aliphatic heterocycles. The minimum absolute atomic E-state index is 0.167. The van der Waals surface area contributed by atoms with Gasteiger partial charge in [-0.3, -0.25) is 0 Å². The quantitative estimate of drug-likeness (QED) is 0.888. The fraction of sp³-hybridized carbons (Fsp3) is 0.273. The Bertz CT molecular complexity index is 416. The van der Waals surface area contributed by atoms with E-state index in [0.29, 0.717) is 0 Å². The number of nitrogens with one attached hydrogen (secondary N) is 1. The van der Waals surface area contributed by atoms with Crippen LogP contribution >= 0.6 is 22.9 Å². The highest BCUT2D eigenvalue weighted by atomic mass is 35.5. The maximum absolute atomic E-state index is 6.06. The first-order valence-corrected chi connectivity index (χ1v) is 5.87. The molecule has 0 spiro atoms. The van der Waals surface area contributed by atoms with Gasteiger partial charge in [0, 0.05) is 10.4 Å². The van der Waals surface area contributed by atoms with Crippen molar-refractivity contribution in [1.82, 2.24) is 5.32 Å². The first-order valence-electron chi connectivity index (χ1n) is 4.67. The Morgan fingerprint density at radius 3 is 2.80 bits per heavy atom. The average molecular weight is 242 g/mol. The van der Waals surface area contributed by atoms with Gasteiger partial charge in [-0.25, -0.2) is 0 Å². The lowest BCUT2D eigenvalue weighted by Crippen LogP contribution is -2.15. The summed E-state index contributed by atoms with van der Waals surface area (Å²) in [7, 11) is 1.93. The van der Waals surface area contributed by atoms with E-state index >= 15 is 0 Å². The van der Waals surface area contributed by atoms with Crippen LogP contribution in [0, 0.1) is 6.92 Å². The number of thiophene rings is 1. The summed E-state index contributed by atoms with van der Waals surface area (Å²) < 4.78 is 5.94. The molecule has 0 aliphatic rings. The van der Waals surface area contributed by atoms with Crippen molar-refractivity contribution in [3.8, 4) is 0 Å². The predicted molar refractivity (Wildman–Crippen MR) is 63.7 cm³/mol. The molecule has 0 saturated carbocycles. The lowest BCUT2D eigenvalue weighted by atomic mass is 10.1. The molecule has 0 saturated heterocycles. The molecule has 0 aliphatic carbocycles. The second-order valence-electron chi connectivity index (χ2n) is 3.38. The van der Waals surface area contributed by atoms with Gasteiger partial charge >= 0.3 is 0 Å². The van der Waals surface area contributed by atoms with Crippen LogP contribution < -0.4 is 5.32 Å². The van der Waals surface area contributed by atoms with Crippen LogP contribution in [0.5, 0.6) is 0 Å². The van der Waals surface area contributed by atoms with Crippen molar-refractivity contribution in [2.24, 2.45) is 0 Å². The molecule has 2 aromatic rings. The molecule has 2 heterocycles. The van der Waals surface area contributed by atoms with Gasteiger partial charge in [-0.1, -0.05) is 11.6 Å². The zero-order chi connectivity index (χ0) is 10.8. The van der Waals surface area contributed by atoms with Crippen LogP contribution in [0.15, 0.2) is 29.1 Å². The van der Waals surface area contributed by atoms with Crippen LogP contribution in [0.4, 0.5) is 0 Å². The Kier molecular flexibility index (Phi) is 3.14. The van der Waals surface area contributed by atoms with Gasteiger partial charge in [0.15, 0.2) is 0 Å². The summed E-state index contributed by atoms with van der Waals surface area (Å²) in [6, 6.07) is 4.24. The third-order valence-corrected chi connectivity index (χ3v) is 3.95. The molecule has 2 nitrogen and oxygen atoms in total. The van der Waals surface area contributed by atoms with Gasteiger partial charge in [0.25, 0.3) is 0 Å². The number of rotatable bonds is 3.